The van der Waals surface area contributed by atoms with E-state index in [-0.39, 0.29) is 12.3 Å². The molecule has 0 aliphatic rings. The minimum Gasteiger partial charge on any atom is -0.295 e. The number of ketones is 1. The van der Waals surface area contributed by atoms with Crippen molar-refractivity contribution >= 4 is 21.5 Å². The molecule has 0 atom stereocenters. The van der Waals surface area contributed by atoms with E-state index in [1.165, 1.54) is 29.4 Å². The van der Waals surface area contributed by atoms with Crippen LogP contribution >= 0.6 is 0 Å². The molecule has 0 amide bonds. The van der Waals surface area contributed by atoms with Crippen LogP contribution < -0.4 is 4.31 Å². The number of anilines is 1. The summed E-state index contributed by atoms with van der Waals surface area (Å²) in [7, 11) is -3.54. The molecule has 4 nitrogen and oxygen atoms in total. The molecule has 0 spiro atoms. The van der Waals surface area contributed by atoms with Gasteiger partial charge in [-0.15, -0.1) is 0 Å². The first kappa shape index (κ1) is 16.2. The first-order chi connectivity index (χ1) is 10.3. The molecule has 2 aromatic rings. The summed E-state index contributed by atoms with van der Waals surface area (Å²) in [4.78, 5) is 11.3. The third kappa shape index (κ3) is 3.92. The van der Waals surface area contributed by atoms with Crippen LogP contribution in [0, 0.1) is 5.82 Å². The Labute approximate surface area is 129 Å². The standard InChI is InChI=1S/C16H16FNO3S/c1-12(19)14-6-8-16(9-7-14)18(22(2,20)21)11-13-4-3-5-15(17)10-13/h3-10H,11H2,1-2H3. The maximum Gasteiger partial charge on any atom is 0.232 e. The molecule has 0 bridgehead atoms. The van der Waals surface area contributed by atoms with E-state index >= 15 is 0 Å². The quantitative estimate of drug-likeness (QED) is 0.796. The molecular formula is C16H16FNO3S. The summed E-state index contributed by atoms with van der Waals surface area (Å²) >= 11 is 0. The fraction of sp³-hybridized carbons (Fsp3) is 0.188. The Balaban J connectivity index is 2.37. The molecule has 0 aromatic heterocycles. The van der Waals surface area contributed by atoms with Crippen molar-refractivity contribution in [1.82, 2.24) is 0 Å². The number of Topliss-reactive ketones (excluding diaryl/α,β-unsaturated/α-hetero) is 1. The number of carbonyl (C=O) groups excluding carboxylic acids is 1. The number of hydrogen-bond acceptors (Lipinski definition) is 3. The predicted molar refractivity (Wildman–Crippen MR) is 83.9 cm³/mol. The molecule has 0 saturated heterocycles. The first-order valence-electron chi connectivity index (χ1n) is 6.60. The Bertz CT molecular complexity index is 785. The predicted octanol–water partition coefficient (Wildman–Crippen LogP) is 2.99. The Kier molecular flexibility index (Phi) is 4.61. The van der Waals surface area contributed by atoms with Crippen molar-refractivity contribution in [2.24, 2.45) is 0 Å². The molecule has 0 aliphatic heterocycles. The van der Waals surface area contributed by atoms with Gasteiger partial charge in [-0.05, 0) is 48.9 Å². The summed E-state index contributed by atoms with van der Waals surface area (Å²) in [6.07, 6.45) is 1.09. The number of halogens is 1. The van der Waals surface area contributed by atoms with Crippen molar-refractivity contribution in [3.63, 3.8) is 0 Å². The number of sulfonamides is 1. The van der Waals surface area contributed by atoms with E-state index in [9.17, 15) is 17.6 Å². The number of rotatable bonds is 5. The molecule has 6 heteroatoms. The van der Waals surface area contributed by atoms with Gasteiger partial charge in [0.05, 0.1) is 18.5 Å². The van der Waals surface area contributed by atoms with Gasteiger partial charge >= 0.3 is 0 Å². The Morgan fingerprint density at radius 1 is 1.14 bits per heavy atom. The Morgan fingerprint density at radius 3 is 2.27 bits per heavy atom. The van der Waals surface area contributed by atoms with Crippen LogP contribution in [0.25, 0.3) is 0 Å². The lowest BCUT2D eigenvalue weighted by molar-refractivity contribution is 0.101. The number of benzene rings is 2. The lowest BCUT2D eigenvalue weighted by Crippen LogP contribution is -2.29. The molecule has 0 radical (unpaired) electrons. The van der Waals surface area contributed by atoms with Crippen molar-refractivity contribution in [2.45, 2.75) is 13.5 Å². The fourth-order valence-electron chi connectivity index (χ4n) is 2.06. The van der Waals surface area contributed by atoms with E-state index in [0.717, 1.165) is 6.26 Å². The summed E-state index contributed by atoms with van der Waals surface area (Å²) in [5.41, 5.74) is 1.47. The van der Waals surface area contributed by atoms with Gasteiger partial charge in [-0.1, -0.05) is 12.1 Å². The van der Waals surface area contributed by atoms with Crippen LogP contribution in [0.1, 0.15) is 22.8 Å². The van der Waals surface area contributed by atoms with E-state index in [1.54, 1.807) is 30.3 Å². The molecule has 0 heterocycles. The van der Waals surface area contributed by atoms with Gasteiger partial charge in [-0.25, -0.2) is 12.8 Å². The average molecular weight is 321 g/mol. The van der Waals surface area contributed by atoms with Crippen molar-refractivity contribution in [3.8, 4) is 0 Å². The minimum absolute atomic E-state index is 0.0238. The van der Waals surface area contributed by atoms with E-state index < -0.39 is 15.8 Å². The molecule has 0 aliphatic carbocycles. The zero-order valence-corrected chi connectivity index (χ0v) is 13.1. The molecule has 116 valence electrons. The summed E-state index contributed by atoms with van der Waals surface area (Å²) in [5, 5.41) is 0. The summed E-state index contributed by atoms with van der Waals surface area (Å²) in [6, 6.07) is 12.1. The second-order valence-electron chi connectivity index (χ2n) is 5.00. The minimum atomic E-state index is -3.54. The highest BCUT2D eigenvalue weighted by atomic mass is 32.2. The Morgan fingerprint density at radius 2 is 1.77 bits per heavy atom. The molecule has 2 aromatic carbocycles. The van der Waals surface area contributed by atoms with Gasteiger partial charge < -0.3 is 0 Å². The monoisotopic (exact) mass is 321 g/mol. The number of hydrogen-bond donors (Lipinski definition) is 0. The van der Waals surface area contributed by atoms with Crippen LogP contribution in [0.4, 0.5) is 10.1 Å². The third-order valence-corrected chi connectivity index (χ3v) is 4.32. The van der Waals surface area contributed by atoms with Gasteiger partial charge in [0.2, 0.25) is 10.0 Å². The second-order valence-corrected chi connectivity index (χ2v) is 6.91. The normalized spacial score (nSPS) is 11.2. The summed E-state index contributed by atoms with van der Waals surface area (Å²) in [6.45, 7) is 1.46. The topological polar surface area (TPSA) is 54.5 Å². The average Bonchev–Trinajstić information content (AvgIpc) is 2.44. The maximum absolute atomic E-state index is 13.3. The largest absolute Gasteiger partial charge is 0.295 e. The van der Waals surface area contributed by atoms with Gasteiger partial charge in [0.1, 0.15) is 5.82 Å². The first-order valence-corrected chi connectivity index (χ1v) is 8.45. The van der Waals surface area contributed by atoms with E-state index in [1.807, 2.05) is 0 Å². The Hall–Kier alpha value is -2.21. The highest BCUT2D eigenvalue weighted by Gasteiger charge is 2.18. The molecular weight excluding hydrogens is 305 g/mol. The van der Waals surface area contributed by atoms with Crippen LogP contribution in [0.15, 0.2) is 48.5 Å². The fourth-order valence-corrected chi connectivity index (χ4v) is 2.95. The van der Waals surface area contributed by atoms with Crippen molar-refractivity contribution in [2.75, 3.05) is 10.6 Å². The SMILES string of the molecule is CC(=O)c1ccc(N(Cc2cccc(F)c2)S(C)(=O)=O)cc1. The third-order valence-electron chi connectivity index (χ3n) is 3.18. The van der Waals surface area contributed by atoms with Crippen LogP contribution in [0.2, 0.25) is 0 Å². The zero-order valence-electron chi connectivity index (χ0n) is 12.3. The smallest absolute Gasteiger partial charge is 0.232 e. The zero-order chi connectivity index (χ0) is 16.3. The molecule has 22 heavy (non-hydrogen) atoms. The summed E-state index contributed by atoms with van der Waals surface area (Å²) < 4.78 is 38.4. The van der Waals surface area contributed by atoms with Crippen molar-refractivity contribution < 1.29 is 17.6 Å². The molecule has 2 rings (SSSR count). The molecule has 0 N–H and O–H groups in total. The van der Waals surface area contributed by atoms with Crippen LogP contribution in [0.3, 0.4) is 0 Å². The second kappa shape index (κ2) is 6.27. The van der Waals surface area contributed by atoms with Gasteiger partial charge in [0.15, 0.2) is 5.78 Å². The van der Waals surface area contributed by atoms with Gasteiger partial charge in [0, 0.05) is 5.56 Å². The van der Waals surface area contributed by atoms with E-state index in [4.69, 9.17) is 0 Å². The van der Waals surface area contributed by atoms with Crippen LogP contribution in [-0.4, -0.2) is 20.5 Å². The number of nitrogens with zero attached hydrogens (tertiary/aromatic N) is 1. The maximum atomic E-state index is 13.3. The highest BCUT2D eigenvalue weighted by molar-refractivity contribution is 7.92. The molecule has 0 fully saturated rings. The highest BCUT2D eigenvalue weighted by Crippen LogP contribution is 2.21. The van der Waals surface area contributed by atoms with Gasteiger partial charge in [-0.3, -0.25) is 9.10 Å². The molecule has 0 saturated carbocycles. The molecule has 0 unspecified atom stereocenters. The van der Waals surface area contributed by atoms with E-state index in [2.05, 4.69) is 0 Å². The lowest BCUT2D eigenvalue weighted by Gasteiger charge is -2.22. The number of carbonyl (C=O) groups is 1. The van der Waals surface area contributed by atoms with Crippen molar-refractivity contribution in [3.05, 3.63) is 65.5 Å². The van der Waals surface area contributed by atoms with Crippen molar-refractivity contribution in [1.29, 1.82) is 0 Å². The summed E-state index contributed by atoms with van der Waals surface area (Å²) in [5.74, 6) is -0.513. The van der Waals surface area contributed by atoms with Crippen LogP contribution in [-0.2, 0) is 16.6 Å². The van der Waals surface area contributed by atoms with Crippen LogP contribution in [0.5, 0.6) is 0 Å². The van der Waals surface area contributed by atoms with E-state index in [0.29, 0.717) is 16.8 Å². The van der Waals surface area contributed by atoms with Gasteiger partial charge in [-0.2, -0.15) is 0 Å². The van der Waals surface area contributed by atoms with Gasteiger partial charge in [0.25, 0.3) is 0 Å². The lowest BCUT2D eigenvalue weighted by atomic mass is 10.1.